The zero-order valence-electron chi connectivity index (χ0n) is 38.5. The van der Waals surface area contributed by atoms with Gasteiger partial charge in [-0.1, -0.05) is 168 Å². The summed E-state index contributed by atoms with van der Waals surface area (Å²) in [5.41, 5.74) is 0. The highest BCUT2D eigenvalue weighted by molar-refractivity contribution is 7.81. The smallest absolute Gasteiger partial charge is 0.387 e. The predicted octanol–water partition coefficient (Wildman–Crippen LogP) is 5.91. The first-order chi connectivity index (χ1) is 30.8. The highest BCUT2D eigenvalue weighted by Crippen LogP contribution is 2.32. The molecule has 2 heterocycles. The van der Waals surface area contributed by atoms with Crippen molar-refractivity contribution >= 4 is 31.2 Å². The van der Waals surface area contributed by atoms with Crippen LogP contribution in [0.15, 0.2) is 0 Å². The summed E-state index contributed by atoms with van der Waals surface area (Å²) in [5.74, 6) is 0.0505. The van der Waals surface area contributed by atoms with Gasteiger partial charge in [-0.2, -0.15) is 25.3 Å². The van der Waals surface area contributed by atoms with E-state index in [-0.39, 0.29) is 12.5 Å². The maximum atomic E-state index is 11.6. The predicted molar refractivity (Wildman–Crippen MR) is 238 cm³/mol. The van der Waals surface area contributed by atoms with Crippen LogP contribution < -0.4 is 0 Å². The molecule has 20 nitrogen and oxygen atoms in total. The number of unbranched alkanes of at least 4 members (excludes halogenated alkanes) is 22. The average molecular weight is 1000 g/mol. The quantitative estimate of drug-likeness (QED) is 0.0278. The second-order valence-electron chi connectivity index (χ2n) is 17.6. The highest BCUT2D eigenvalue weighted by Gasteiger charge is 2.53. The number of hydrogen-bond acceptors (Lipinski definition) is 17. The summed E-state index contributed by atoms with van der Waals surface area (Å²) in [6.07, 6.45) is 10.3. The van der Waals surface area contributed by atoms with Crippen LogP contribution in [0.3, 0.4) is 0 Å². The molecule has 23 heteroatoms. The van der Waals surface area contributed by atoms with Gasteiger partial charge in [-0.05, 0) is 18.8 Å². The summed E-state index contributed by atoms with van der Waals surface area (Å²) in [6, 6.07) is 0. The van der Waals surface area contributed by atoms with Gasteiger partial charge in [0.15, 0.2) is 12.6 Å². The normalized spacial score (nSPS) is 26.9. The Morgan fingerprint density at radius 1 is 0.446 bits per heavy atom. The molecule has 0 aliphatic carbocycles. The molecule has 0 bridgehead atoms. The summed E-state index contributed by atoms with van der Waals surface area (Å²) >= 11 is 0. The van der Waals surface area contributed by atoms with Crippen LogP contribution in [0.2, 0.25) is 0 Å². The Labute approximate surface area is 388 Å². The Kier molecular flexibility index (Phi) is 30.7. The Bertz CT molecular complexity index is 1530. The van der Waals surface area contributed by atoms with Gasteiger partial charge >= 0.3 is 31.2 Å². The van der Waals surface area contributed by atoms with E-state index >= 15 is 0 Å². The van der Waals surface area contributed by atoms with Gasteiger partial charge in [-0.15, -0.1) is 0 Å². The van der Waals surface area contributed by atoms with Crippen LogP contribution in [0.5, 0.6) is 0 Å². The van der Waals surface area contributed by atoms with E-state index < -0.39 is 106 Å². The van der Waals surface area contributed by atoms with Crippen molar-refractivity contribution in [2.75, 3.05) is 19.8 Å². The fraction of sp³-hybridized carbons (Fsp3) is 1.00. The van der Waals surface area contributed by atoms with E-state index in [4.69, 9.17) is 23.5 Å². The van der Waals surface area contributed by atoms with Crippen LogP contribution in [0.4, 0.5) is 0 Å². The lowest BCUT2D eigenvalue weighted by Gasteiger charge is -2.46. The molecule has 0 radical (unpaired) electrons. The molecule has 2 aliphatic heterocycles. The minimum atomic E-state index is -5.41. The second kappa shape index (κ2) is 33.0. The van der Waals surface area contributed by atoms with Crippen LogP contribution in [0.25, 0.3) is 0 Å². The summed E-state index contributed by atoms with van der Waals surface area (Å²) in [6.45, 7) is 2.27. The van der Waals surface area contributed by atoms with Gasteiger partial charge in [0.25, 0.3) is 0 Å². The highest BCUT2D eigenvalue weighted by atomic mass is 32.3. The zero-order valence-corrected chi connectivity index (χ0v) is 41.0. The lowest BCUT2D eigenvalue weighted by atomic mass is 9.94. The van der Waals surface area contributed by atoms with Crippen molar-refractivity contribution in [3.8, 4) is 0 Å². The first-order valence-electron chi connectivity index (χ1n) is 24.0. The van der Waals surface area contributed by atoms with Gasteiger partial charge in [0, 0.05) is 0 Å². The van der Waals surface area contributed by atoms with Crippen molar-refractivity contribution in [2.45, 2.75) is 242 Å². The fourth-order valence-electron chi connectivity index (χ4n) is 8.30. The molecule has 2 rings (SSSR count). The molecule has 10 atom stereocenters. The van der Waals surface area contributed by atoms with Gasteiger partial charge in [-0.3, -0.25) is 13.7 Å². The molecule has 2 aliphatic rings. The molecular weight excluding hydrogens is 921 g/mol. The number of aliphatic hydroxyl groups is 4. The van der Waals surface area contributed by atoms with Crippen molar-refractivity contribution in [3.63, 3.8) is 0 Å². The molecule has 0 saturated carbocycles. The summed E-state index contributed by atoms with van der Waals surface area (Å²) < 4.78 is 132. The molecule has 0 aromatic carbocycles. The molecule has 0 aromatic rings. The van der Waals surface area contributed by atoms with Crippen LogP contribution in [-0.2, 0) is 62.7 Å². The van der Waals surface area contributed by atoms with Gasteiger partial charge in [0.05, 0.1) is 19.8 Å². The van der Waals surface area contributed by atoms with Gasteiger partial charge in [-0.25, -0.2) is 12.5 Å². The van der Waals surface area contributed by atoms with Gasteiger partial charge < -0.3 is 39.4 Å². The molecule has 2 saturated heterocycles. The minimum Gasteiger partial charge on any atom is -0.387 e. The van der Waals surface area contributed by atoms with Gasteiger partial charge in [0.1, 0.15) is 48.8 Å². The lowest BCUT2D eigenvalue weighted by Crippen LogP contribution is -2.65. The van der Waals surface area contributed by atoms with Crippen molar-refractivity contribution in [1.82, 2.24) is 0 Å². The van der Waals surface area contributed by atoms with Crippen LogP contribution in [0.1, 0.15) is 181 Å². The third-order valence-electron chi connectivity index (χ3n) is 12.0. The summed E-state index contributed by atoms with van der Waals surface area (Å²) in [4.78, 5) is 0. The lowest BCUT2D eigenvalue weighted by molar-refractivity contribution is -0.357. The number of aliphatic hydroxyl groups excluding tert-OH is 4. The van der Waals surface area contributed by atoms with Crippen LogP contribution in [-0.4, -0.2) is 141 Å². The molecule has 2 fully saturated rings. The number of rotatable bonds is 39. The molecule has 0 amide bonds. The fourth-order valence-corrected chi connectivity index (χ4v) is 9.42. The zero-order chi connectivity index (χ0) is 48.3. The van der Waals surface area contributed by atoms with E-state index in [0.717, 1.165) is 51.4 Å². The SMILES string of the molecule is CCCCCCCCCCCCCCC(CCCCCCCCCCCCCC)CO[C@@H]1O[C@H](COS(=O)(=O)O)[C@@H](O[C@@H]2O[C@H](COS(=O)(=O)O)[C@H](O)[C@H](OS(=O)(=O)O)[C@H]2O)[C@H](O)[C@H]1O. The van der Waals surface area contributed by atoms with Crippen molar-refractivity contribution in [3.05, 3.63) is 0 Å². The van der Waals surface area contributed by atoms with E-state index in [1.807, 2.05) is 0 Å². The topological polar surface area (TPSA) is 309 Å². The molecule has 0 spiro atoms. The Balaban J connectivity index is 2.10. The number of hydrogen-bond donors (Lipinski definition) is 7. The van der Waals surface area contributed by atoms with Crippen molar-refractivity contribution < 1.29 is 90.8 Å². The monoisotopic (exact) mass is 1000 g/mol. The first kappa shape index (κ1) is 60.4. The van der Waals surface area contributed by atoms with E-state index in [9.17, 15) is 54.8 Å². The van der Waals surface area contributed by atoms with Gasteiger partial charge in [0.2, 0.25) is 0 Å². The largest absolute Gasteiger partial charge is 0.397 e. The summed E-state index contributed by atoms with van der Waals surface area (Å²) in [7, 11) is -15.7. The van der Waals surface area contributed by atoms with Crippen molar-refractivity contribution in [2.24, 2.45) is 5.92 Å². The average Bonchev–Trinajstić information content (AvgIpc) is 3.23. The van der Waals surface area contributed by atoms with E-state index in [1.54, 1.807) is 0 Å². The molecule has 388 valence electrons. The summed E-state index contributed by atoms with van der Waals surface area (Å²) in [5, 5.41) is 44.1. The minimum absolute atomic E-state index is 0.0505. The van der Waals surface area contributed by atoms with Crippen molar-refractivity contribution in [1.29, 1.82) is 0 Å². The molecule has 0 unspecified atom stereocenters. The Morgan fingerprint density at radius 2 is 0.831 bits per heavy atom. The van der Waals surface area contributed by atoms with E-state index in [2.05, 4.69) is 26.4 Å². The number of ether oxygens (including phenoxy) is 4. The third-order valence-corrected chi connectivity index (χ3v) is 13.3. The van der Waals surface area contributed by atoms with E-state index in [1.165, 1.54) is 116 Å². The first-order valence-corrected chi connectivity index (χ1v) is 28.0. The van der Waals surface area contributed by atoms with E-state index in [0.29, 0.717) is 0 Å². The molecule has 65 heavy (non-hydrogen) atoms. The Morgan fingerprint density at radius 3 is 1.23 bits per heavy atom. The Hall–Kier alpha value is -0.710. The second-order valence-corrected chi connectivity index (χ2v) is 20.8. The molecule has 7 N–H and O–H groups in total. The molecule has 0 aromatic heterocycles. The maximum absolute atomic E-state index is 11.6. The van der Waals surface area contributed by atoms with Crippen LogP contribution in [0, 0.1) is 5.92 Å². The standard InChI is InChI=1S/C42H82O20S3/c1-3-5-7-9-11-13-15-17-19-21-23-25-27-32(28-26-24-22-20-18-16-14-12-10-8-6-4-2)29-56-41-37(45)36(44)39(34(60-41)31-58-64(50,51)52)61-42-38(46)40(62-65(53,54)55)35(43)33(59-42)30-57-63(47,48)49/h32-46H,3-31H2,1-2H3,(H,47,48,49)(H,50,51,52)(H,53,54,55)/t33-,34-,35+,36-,37-,38-,39-,40+,41-,42+/m1/s1. The maximum Gasteiger partial charge on any atom is 0.397 e. The molecular formula is C42H82O20S3. The van der Waals surface area contributed by atoms with Crippen LogP contribution >= 0.6 is 0 Å². The third kappa shape index (κ3) is 27.3.